The molecule has 1 amide bonds. The normalized spacial score (nSPS) is 12.4. The Labute approximate surface area is 206 Å². The van der Waals surface area contributed by atoms with Gasteiger partial charge in [-0.25, -0.2) is 4.39 Å². The number of halogens is 6. The van der Waals surface area contributed by atoms with Crippen molar-refractivity contribution in [1.29, 1.82) is 0 Å². The maximum atomic E-state index is 14.8. The molecule has 0 spiro atoms. The monoisotopic (exact) mass is 523 g/mol. The standard InChI is InChI=1S/C24H15Cl2F4N3O2/c25-17-9-8-13(10-18(17)26)19(27)12-31-22(34)21-16-6-1-2-7-20(16)32-33-23(21)35-15-5-3-4-14(11-15)24(28,29)30/h1-11,19H,12H2,(H,31,34)/t19-/m0/s1. The molecule has 35 heavy (non-hydrogen) atoms. The summed E-state index contributed by atoms with van der Waals surface area (Å²) in [7, 11) is 0. The number of alkyl halides is 4. The number of fused-ring (bicyclic) bond motifs is 1. The van der Waals surface area contributed by atoms with Crippen molar-refractivity contribution in [3.8, 4) is 11.6 Å². The number of hydrogen-bond acceptors (Lipinski definition) is 4. The van der Waals surface area contributed by atoms with E-state index >= 15 is 0 Å². The van der Waals surface area contributed by atoms with E-state index in [1.54, 1.807) is 24.3 Å². The molecule has 0 saturated carbocycles. The van der Waals surface area contributed by atoms with Crippen molar-refractivity contribution in [1.82, 2.24) is 15.5 Å². The highest BCUT2D eigenvalue weighted by molar-refractivity contribution is 6.42. The Hall–Kier alpha value is -3.43. The summed E-state index contributed by atoms with van der Waals surface area (Å²) in [5, 5.41) is 11.1. The summed E-state index contributed by atoms with van der Waals surface area (Å²) in [6.07, 6.45) is -6.20. The molecule has 0 aliphatic carbocycles. The van der Waals surface area contributed by atoms with E-state index in [9.17, 15) is 22.4 Å². The number of rotatable bonds is 6. The summed E-state index contributed by atoms with van der Waals surface area (Å²) >= 11 is 11.8. The van der Waals surface area contributed by atoms with E-state index < -0.39 is 30.4 Å². The highest BCUT2D eigenvalue weighted by Gasteiger charge is 2.31. The van der Waals surface area contributed by atoms with Crippen LogP contribution in [0.25, 0.3) is 10.9 Å². The molecule has 0 unspecified atom stereocenters. The molecule has 11 heteroatoms. The zero-order valence-corrected chi connectivity index (χ0v) is 19.1. The minimum absolute atomic E-state index is 0.102. The molecule has 0 saturated heterocycles. The van der Waals surface area contributed by atoms with Gasteiger partial charge in [-0.2, -0.15) is 13.2 Å². The number of carbonyl (C=O) groups is 1. The van der Waals surface area contributed by atoms with Gasteiger partial charge in [0.2, 0.25) is 0 Å². The third-order valence-corrected chi connectivity index (χ3v) is 5.72. The fourth-order valence-electron chi connectivity index (χ4n) is 3.27. The molecule has 1 N–H and O–H groups in total. The number of nitrogens with one attached hydrogen (secondary N) is 1. The van der Waals surface area contributed by atoms with Crippen LogP contribution in [0.3, 0.4) is 0 Å². The molecule has 1 atom stereocenters. The average molecular weight is 524 g/mol. The van der Waals surface area contributed by atoms with Crippen molar-refractivity contribution >= 4 is 40.0 Å². The van der Waals surface area contributed by atoms with Gasteiger partial charge in [-0.1, -0.05) is 53.5 Å². The molecule has 0 aliphatic rings. The summed E-state index contributed by atoms with van der Waals surface area (Å²) < 4.78 is 59.6. The van der Waals surface area contributed by atoms with E-state index in [1.807, 2.05) is 0 Å². The number of nitrogens with zero attached hydrogens (tertiary/aromatic N) is 2. The Kier molecular flexibility index (Phi) is 7.09. The van der Waals surface area contributed by atoms with E-state index in [0.717, 1.165) is 18.2 Å². The van der Waals surface area contributed by atoms with E-state index in [0.29, 0.717) is 10.9 Å². The molecule has 1 heterocycles. The van der Waals surface area contributed by atoms with E-state index in [4.69, 9.17) is 27.9 Å². The number of amides is 1. The van der Waals surface area contributed by atoms with Crippen LogP contribution >= 0.6 is 23.2 Å². The van der Waals surface area contributed by atoms with Crippen LogP contribution in [0.5, 0.6) is 11.6 Å². The Morgan fingerprint density at radius 2 is 1.74 bits per heavy atom. The zero-order chi connectivity index (χ0) is 25.2. The van der Waals surface area contributed by atoms with Crippen molar-refractivity contribution < 1.29 is 27.1 Å². The quantitative estimate of drug-likeness (QED) is 0.271. The Morgan fingerprint density at radius 1 is 0.971 bits per heavy atom. The summed E-state index contributed by atoms with van der Waals surface area (Å²) in [5.74, 6) is -1.27. The molecule has 0 aliphatic heterocycles. The third-order valence-electron chi connectivity index (χ3n) is 4.99. The highest BCUT2D eigenvalue weighted by Crippen LogP contribution is 2.34. The first kappa shape index (κ1) is 24.7. The Balaban J connectivity index is 1.63. The number of aromatic nitrogens is 2. The van der Waals surface area contributed by atoms with Crippen molar-refractivity contribution in [3.05, 3.63) is 93.5 Å². The molecule has 0 bridgehead atoms. The molecule has 180 valence electrons. The maximum Gasteiger partial charge on any atom is 0.416 e. The summed E-state index contributed by atoms with van der Waals surface area (Å²) in [6, 6.07) is 14.8. The molecular weight excluding hydrogens is 509 g/mol. The average Bonchev–Trinajstić information content (AvgIpc) is 2.83. The summed E-state index contributed by atoms with van der Waals surface area (Å²) in [5.41, 5.74) is -0.487. The second-order valence-electron chi connectivity index (χ2n) is 7.38. The molecule has 3 aromatic carbocycles. The van der Waals surface area contributed by atoms with Crippen molar-refractivity contribution in [2.45, 2.75) is 12.3 Å². The number of ether oxygens (including phenoxy) is 1. The van der Waals surface area contributed by atoms with Gasteiger partial charge in [0.25, 0.3) is 11.8 Å². The summed E-state index contributed by atoms with van der Waals surface area (Å²) in [4.78, 5) is 13.1. The van der Waals surface area contributed by atoms with Crippen LogP contribution in [0.1, 0.15) is 27.7 Å². The van der Waals surface area contributed by atoms with Crippen molar-refractivity contribution in [2.24, 2.45) is 0 Å². The second kappa shape index (κ2) is 10.1. The maximum absolute atomic E-state index is 14.8. The van der Waals surface area contributed by atoms with Crippen LogP contribution in [0.4, 0.5) is 17.6 Å². The van der Waals surface area contributed by atoms with Crippen LogP contribution in [0.2, 0.25) is 10.0 Å². The fraction of sp³-hybridized carbons (Fsp3) is 0.125. The minimum Gasteiger partial charge on any atom is -0.437 e. The molecule has 0 radical (unpaired) electrons. The van der Waals surface area contributed by atoms with Gasteiger partial charge in [0.05, 0.1) is 27.7 Å². The van der Waals surface area contributed by atoms with Crippen LogP contribution in [0, 0.1) is 0 Å². The Bertz CT molecular complexity index is 1400. The summed E-state index contributed by atoms with van der Waals surface area (Å²) in [6.45, 7) is -0.420. The lowest BCUT2D eigenvalue weighted by molar-refractivity contribution is -0.137. The van der Waals surface area contributed by atoms with Crippen LogP contribution in [-0.2, 0) is 6.18 Å². The van der Waals surface area contributed by atoms with Crippen LogP contribution in [-0.4, -0.2) is 22.6 Å². The number of carbonyl (C=O) groups excluding carboxylic acids is 1. The van der Waals surface area contributed by atoms with Crippen molar-refractivity contribution in [3.63, 3.8) is 0 Å². The lowest BCUT2D eigenvalue weighted by atomic mass is 10.1. The van der Waals surface area contributed by atoms with Crippen molar-refractivity contribution in [2.75, 3.05) is 6.54 Å². The largest absolute Gasteiger partial charge is 0.437 e. The van der Waals surface area contributed by atoms with Gasteiger partial charge in [-0.3, -0.25) is 4.79 Å². The van der Waals surface area contributed by atoms with Gasteiger partial charge in [-0.15, -0.1) is 10.2 Å². The first-order chi connectivity index (χ1) is 16.6. The third kappa shape index (κ3) is 5.63. The van der Waals surface area contributed by atoms with Crippen LogP contribution < -0.4 is 10.1 Å². The predicted molar refractivity (Wildman–Crippen MR) is 124 cm³/mol. The van der Waals surface area contributed by atoms with E-state index in [-0.39, 0.29) is 32.8 Å². The van der Waals surface area contributed by atoms with Crippen LogP contribution in [0.15, 0.2) is 66.7 Å². The van der Waals surface area contributed by atoms with Gasteiger partial charge in [0.15, 0.2) is 0 Å². The molecule has 4 rings (SSSR count). The molecule has 5 nitrogen and oxygen atoms in total. The highest BCUT2D eigenvalue weighted by atomic mass is 35.5. The first-order valence-corrected chi connectivity index (χ1v) is 10.9. The topological polar surface area (TPSA) is 64.1 Å². The number of benzene rings is 3. The molecule has 1 aromatic heterocycles. The minimum atomic E-state index is -4.59. The second-order valence-corrected chi connectivity index (χ2v) is 8.19. The predicted octanol–water partition coefficient (Wildman–Crippen LogP) is 7.19. The lowest BCUT2D eigenvalue weighted by Crippen LogP contribution is -2.28. The smallest absolute Gasteiger partial charge is 0.416 e. The SMILES string of the molecule is O=C(NC[C@H](F)c1ccc(Cl)c(Cl)c1)c1c(Oc2cccc(C(F)(F)F)c2)nnc2ccccc12. The Morgan fingerprint density at radius 3 is 2.49 bits per heavy atom. The first-order valence-electron chi connectivity index (χ1n) is 10.1. The van der Waals surface area contributed by atoms with Gasteiger partial charge in [0, 0.05) is 5.39 Å². The van der Waals surface area contributed by atoms with Gasteiger partial charge >= 0.3 is 6.18 Å². The molecule has 4 aromatic rings. The fourth-order valence-corrected chi connectivity index (χ4v) is 3.58. The van der Waals surface area contributed by atoms with E-state index in [1.165, 1.54) is 24.3 Å². The van der Waals surface area contributed by atoms with E-state index in [2.05, 4.69) is 15.5 Å². The lowest BCUT2D eigenvalue weighted by Gasteiger charge is -2.15. The zero-order valence-electron chi connectivity index (χ0n) is 17.6. The molecular formula is C24H15Cl2F4N3O2. The van der Waals surface area contributed by atoms with Gasteiger partial charge < -0.3 is 10.1 Å². The molecule has 0 fully saturated rings. The van der Waals surface area contributed by atoms with Gasteiger partial charge in [0.1, 0.15) is 17.5 Å². The van der Waals surface area contributed by atoms with Gasteiger partial charge in [-0.05, 0) is 42.0 Å². The number of hydrogen-bond donors (Lipinski definition) is 1.